The van der Waals surface area contributed by atoms with E-state index in [2.05, 4.69) is 10.0 Å². The van der Waals surface area contributed by atoms with Gasteiger partial charge in [0.25, 0.3) is 0 Å². The molecule has 1 aromatic carbocycles. The summed E-state index contributed by atoms with van der Waals surface area (Å²) in [6, 6.07) is 2.18. The molecule has 1 aliphatic heterocycles. The Bertz CT molecular complexity index is 739. The molecule has 1 aliphatic rings. The first kappa shape index (κ1) is 19.6. The Morgan fingerprint density at radius 3 is 2.32 bits per heavy atom. The van der Waals surface area contributed by atoms with Crippen molar-refractivity contribution in [1.82, 2.24) is 9.62 Å². The van der Waals surface area contributed by atoms with E-state index < -0.39 is 32.4 Å². The Hall–Kier alpha value is -1.74. The van der Waals surface area contributed by atoms with Crippen molar-refractivity contribution >= 4 is 21.7 Å². The van der Waals surface area contributed by atoms with Gasteiger partial charge < -0.3 is 10.2 Å². The van der Waals surface area contributed by atoms with Crippen LogP contribution in [0.2, 0.25) is 0 Å². The smallest absolute Gasteiger partial charge is 0.321 e. The Morgan fingerprint density at radius 2 is 1.80 bits per heavy atom. The Kier molecular flexibility index (Phi) is 5.68. The van der Waals surface area contributed by atoms with Gasteiger partial charge in [0.05, 0.1) is 10.4 Å². The normalized spacial score (nSPS) is 16.8. The van der Waals surface area contributed by atoms with Crippen LogP contribution in [0.3, 0.4) is 0 Å². The number of carbonyl (C=O) groups excluding carboxylic acids is 1. The highest BCUT2D eigenvalue weighted by Gasteiger charge is 2.33. The molecular formula is C16H23F2N3O3S. The largest absolute Gasteiger partial charge is 0.324 e. The van der Waals surface area contributed by atoms with Gasteiger partial charge in [-0.25, -0.2) is 26.7 Å². The van der Waals surface area contributed by atoms with Crippen LogP contribution < -0.4 is 10.0 Å². The van der Waals surface area contributed by atoms with Gasteiger partial charge in [-0.1, -0.05) is 0 Å². The standard InChI is InChI=1S/C16H23F2N3O3S/c1-16(2,3)25(23,24)20-12-6-8-21(9-7-12)15(22)19-14-5-4-11(17)10-13(14)18/h4-5,10,12,20H,6-9H2,1-3H3,(H,19,22). The van der Waals surface area contributed by atoms with Crippen molar-refractivity contribution in [3.8, 4) is 0 Å². The van der Waals surface area contributed by atoms with Gasteiger partial charge in [-0.3, -0.25) is 0 Å². The van der Waals surface area contributed by atoms with Gasteiger partial charge in [0, 0.05) is 25.2 Å². The first-order valence-electron chi connectivity index (χ1n) is 8.02. The third-order valence-corrected chi connectivity index (χ3v) is 6.34. The molecule has 9 heteroatoms. The Balaban J connectivity index is 1.90. The second-order valence-corrected chi connectivity index (χ2v) is 9.52. The summed E-state index contributed by atoms with van der Waals surface area (Å²) in [7, 11) is -3.45. The van der Waals surface area contributed by atoms with E-state index in [0.717, 1.165) is 12.1 Å². The number of benzene rings is 1. The van der Waals surface area contributed by atoms with Gasteiger partial charge >= 0.3 is 6.03 Å². The lowest BCUT2D eigenvalue weighted by Crippen LogP contribution is -2.50. The molecule has 0 radical (unpaired) electrons. The fourth-order valence-electron chi connectivity index (χ4n) is 2.38. The molecule has 2 amide bonds. The number of hydrogen-bond donors (Lipinski definition) is 2. The lowest BCUT2D eigenvalue weighted by molar-refractivity contribution is 0.192. The first-order valence-corrected chi connectivity index (χ1v) is 9.51. The number of sulfonamides is 1. The molecule has 1 saturated heterocycles. The summed E-state index contributed by atoms with van der Waals surface area (Å²) in [5.74, 6) is -1.57. The molecule has 1 heterocycles. The molecule has 0 unspecified atom stereocenters. The van der Waals surface area contributed by atoms with Crippen molar-refractivity contribution in [3.05, 3.63) is 29.8 Å². The number of piperidine rings is 1. The van der Waals surface area contributed by atoms with Gasteiger partial charge in [0.1, 0.15) is 11.6 Å². The molecule has 6 nitrogen and oxygen atoms in total. The van der Waals surface area contributed by atoms with E-state index in [4.69, 9.17) is 0 Å². The number of anilines is 1. The Morgan fingerprint density at radius 1 is 1.20 bits per heavy atom. The molecule has 0 spiro atoms. The number of amides is 2. The van der Waals surface area contributed by atoms with Gasteiger partial charge in [-0.05, 0) is 45.7 Å². The number of halogens is 2. The SMILES string of the molecule is CC(C)(C)S(=O)(=O)NC1CCN(C(=O)Nc2ccc(F)cc2F)CC1. The molecular weight excluding hydrogens is 352 g/mol. The predicted molar refractivity (Wildman–Crippen MR) is 91.8 cm³/mol. The van der Waals surface area contributed by atoms with E-state index in [1.165, 1.54) is 4.90 Å². The lowest BCUT2D eigenvalue weighted by atomic mass is 10.1. The number of urea groups is 1. The molecule has 2 rings (SSSR count). The van der Waals surface area contributed by atoms with Crippen molar-refractivity contribution in [2.24, 2.45) is 0 Å². The number of hydrogen-bond acceptors (Lipinski definition) is 3. The summed E-state index contributed by atoms with van der Waals surface area (Å²) < 4.78 is 52.6. The van der Waals surface area contributed by atoms with Gasteiger partial charge in [0.2, 0.25) is 10.0 Å². The molecule has 2 N–H and O–H groups in total. The second kappa shape index (κ2) is 7.25. The van der Waals surface area contributed by atoms with E-state index in [-0.39, 0.29) is 11.7 Å². The number of likely N-dealkylation sites (tertiary alicyclic amines) is 1. The topological polar surface area (TPSA) is 78.5 Å². The molecule has 140 valence electrons. The van der Waals surface area contributed by atoms with Crippen molar-refractivity contribution in [1.29, 1.82) is 0 Å². The maximum Gasteiger partial charge on any atom is 0.321 e. The van der Waals surface area contributed by atoms with Gasteiger partial charge in [-0.15, -0.1) is 0 Å². The summed E-state index contributed by atoms with van der Waals surface area (Å²) in [4.78, 5) is 13.6. The first-order chi connectivity index (χ1) is 11.5. The van der Waals surface area contributed by atoms with Crippen LogP contribution in [-0.4, -0.2) is 43.2 Å². The molecule has 1 fully saturated rings. The number of carbonyl (C=O) groups is 1. The van der Waals surface area contributed by atoms with E-state index in [1.54, 1.807) is 20.8 Å². The number of rotatable bonds is 3. The third-order valence-electron chi connectivity index (χ3n) is 4.08. The summed E-state index contributed by atoms with van der Waals surface area (Å²) in [6.45, 7) is 5.54. The van der Waals surface area contributed by atoms with Gasteiger partial charge in [-0.2, -0.15) is 0 Å². The summed E-state index contributed by atoms with van der Waals surface area (Å²) in [6.07, 6.45) is 0.934. The minimum Gasteiger partial charge on any atom is -0.324 e. The second-order valence-electron chi connectivity index (χ2n) is 7.05. The molecule has 1 aromatic rings. The van der Waals surface area contributed by atoms with Crippen LogP contribution in [0.5, 0.6) is 0 Å². The van der Waals surface area contributed by atoms with Gasteiger partial charge in [0.15, 0.2) is 0 Å². The zero-order valence-corrected chi connectivity index (χ0v) is 15.3. The minimum atomic E-state index is -3.45. The fourth-order valence-corrected chi connectivity index (χ4v) is 3.41. The van der Waals surface area contributed by atoms with Crippen LogP contribution in [-0.2, 0) is 10.0 Å². The number of nitrogens with zero attached hydrogens (tertiary/aromatic N) is 1. The number of nitrogens with one attached hydrogen (secondary N) is 2. The average molecular weight is 375 g/mol. The Labute approximate surface area is 146 Å². The van der Waals surface area contributed by atoms with E-state index in [1.807, 2.05) is 0 Å². The monoisotopic (exact) mass is 375 g/mol. The molecule has 0 bridgehead atoms. The molecule has 0 aromatic heterocycles. The fraction of sp³-hybridized carbons (Fsp3) is 0.562. The lowest BCUT2D eigenvalue weighted by Gasteiger charge is -2.33. The zero-order valence-electron chi connectivity index (χ0n) is 14.5. The molecule has 25 heavy (non-hydrogen) atoms. The quantitative estimate of drug-likeness (QED) is 0.853. The van der Waals surface area contributed by atoms with Crippen molar-refractivity contribution in [2.45, 2.75) is 44.4 Å². The summed E-state index contributed by atoms with van der Waals surface area (Å²) in [5, 5.41) is 2.40. The summed E-state index contributed by atoms with van der Waals surface area (Å²) in [5.41, 5.74) is -0.0954. The van der Waals surface area contributed by atoms with Crippen LogP contribution in [0.1, 0.15) is 33.6 Å². The van der Waals surface area contributed by atoms with Crippen molar-refractivity contribution in [2.75, 3.05) is 18.4 Å². The highest BCUT2D eigenvalue weighted by molar-refractivity contribution is 7.90. The molecule has 0 aliphatic carbocycles. The van der Waals surface area contributed by atoms with E-state index in [9.17, 15) is 22.0 Å². The average Bonchev–Trinajstić information content (AvgIpc) is 2.49. The van der Waals surface area contributed by atoms with Crippen LogP contribution >= 0.6 is 0 Å². The minimum absolute atomic E-state index is 0.0954. The highest BCUT2D eigenvalue weighted by Crippen LogP contribution is 2.19. The van der Waals surface area contributed by atoms with Crippen molar-refractivity contribution < 1.29 is 22.0 Å². The van der Waals surface area contributed by atoms with E-state index >= 15 is 0 Å². The molecule has 0 saturated carbocycles. The predicted octanol–water partition coefficient (Wildman–Crippen LogP) is 2.68. The van der Waals surface area contributed by atoms with E-state index in [0.29, 0.717) is 32.0 Å². The van der Waals surface area contributed by atoms with Crippen LogP contribution in [0.15, 0.2) is 18.2 Å². The maximum atomic E-state index is 13.6. The molecule has 0 atom stereocenters. The van der Waals surface area contributed by atoms with Crippen LogP contribution in [0, 0.1) is 11.6 Å². The van der Waals surface area contributed by atoms with Crippen LogP contribution in [0.4, 0.5) is 19.3 Å². The zero-order chi connectivity index (χ0) is 18.8. The summed E-state index contributed by atoms with van der Waals surface area (Å²) >= 11 is 0. The van der Waals surface area contributed by atoms with Crippen LogP contribution in [0.25, 0.3) is 0 Å². The highest BCUT2D eigenvalue weighted by atomic mass is 32.2. The van der Waals surface area contributed by atoms with Crippen molar-refractivity contribution in [3.63, 3.8) is 0 Å². The third kappa shape index (κ3) is 4.88. The maximum absolute atomic E-state index is 13.6.